The van der Waals surface area contributed by atoms with Crippen molar-refractivity contribution in [3.05, 3.63) is 0 Å². The average Bonchev–Trinajstić information content (AvgIpc) is 2.19. The maximum atomic E-state index is 11.6. The Kier molecular flexibility index (Phi) is 5.33. The zero-order valence-electron chi connectivity index (χ0n) is 8.87. The largest absolute Gasteiger partial charge is 0.342 e. The highest BCUT2D eigenvalue weighted by atomic mass is 32.2. The number of piperidine rings is 1. The number of likely N-dealkylation sites (tertiary alicyclic amines) is 1. The number of hydrogen-bond donors (Lipinski definition) is 1. The van der Waals surface area contributed by atoms with Crippen molar-refractivity contribution in [1.82, 2.24) is 4.90 Å². The fourth-order valence-corrected chi connectivity index (χ4v) is 2.41. The monoisotopic (exact) mass is 216 g/mol. The first-order valence-corrected chi connectivity index (χ1v) is 6.64. The molecule has 82 valence electrons. The van der Waals surface area contributed by atoms with Crippen molar-refractivity contribution in [3.63, 3.8) is 0 Å². The molecule has 1 rings (SSSR count). The molecule has 1 heterocycles. The van der Waals surface area contributed by atoms with Gasteiger partial charge in [0.2, 0.25) is 5.91 Å². The summed E-state index contributed by atoms with van der Waals surface area (Å²) in [6.07, 6.45) is 5.41. The van der Waals surface area contributed by atoms with Crippen LogP contribution in [0.1, 0.15) is 19.3 Å². The molecule has 4 heteroatoms. The fourth-order valence-electron chi connectivity index (χ4n) is 1.98. The molecule has 2 N–H and O–H groups in total. The molecule has 14 heavy (non-hydrogen) atoms. The van der Waals surface area contributed by atoms with Gasteiger partial charge in [-0.1, -0.05) is 0 Å². The molecule has 0 aromatic carbocycles. The zero-order chi connectivity index (χ0) is 10.4. The lowest BCUT2D eigenvalue weighted by atomic mass is 9.95. The van der Waals surface area contributed by atoms with E-state index in [-0.39, 0.29) is 0 Å². The third-order valence-electron chi connectivity index (χ3n) is 2.71. The minimum atomic E-state index is 0.291. The Morgan fingerprint density at radius 3 is 3.07 bits per heavy atom. The van der Waals surface area contributed by atoms with Gasteiger partial charge in [-0.25, -0.2) is 0 Å². The lowest BCUT2D eigenvalue weighted by molar-refractivity contribution is -0.130. The molecular formula is C10H20N2OS. The molecule has 1 saturated heterocycles. The van der Waals surface area contributed by atoms with Crippen molar-refractivity contribution >= 4 is 17.7 Å². The zero-order valence-corrected chi connectivity index (χ0v) is 9.68. The number of nitrogens with zero attached hydrogens (tertiary/aromatic N) is 1. The summed E-state index contributed by atoms with van der Waals surface area (Å²) in [7, 11) is 0. The predicted molar refractivity (Wildman–Crippen MR) is 61.4 cm³/mol. The smallest absolute Gasteiger partial charge is 0.232 e. The Bertz CT molecular complexity index is 185. The van der Waals surface area contributed by atoms with Crippen LogP contribution < -0.4 is 5.73 Å². The molecule has 3 nitrogen and oxygen atoms in total. The summed E-state index contributed by atoms with van der Waals surface area (Å²) in [6.45, 7) is 2.62. The molecule has 1 atom stereocenters. The van der Waals surface area contributed by atoms with E-state index in [1.165, 1.54) is 6.42 Å². The quantitative estimate of drug-likeness (QED) is 0.760. The Morgan fingerprint density at radius 2 is 2.43 bits per heavy atom. The summed E-state index contributed by atoms with van der Waals surface area (Å²) >= 11 is 1.60. The van der Waals surface area contributed by atoms with E-state index in [1.54, 1.807) is 11.8 Å². The molecule has 0 spiro atoms. The molecule has 0 aromatic rings. The van der Waals surface area contributed by atoms with Gasteiger partial charge in [0.1, 0.15) is 0 Å². The minimum Gasteiger partial charge on any atom is -0.342 e. The molecule has 1 unspecified atom stereocenters. The van der Waals surface area contributed by atoms with E-state index in [4.69, 9.17) is 5.73 Å². The molecule has 1 amide bonds. The molecule has 1 aliphatic heterocycles. The van der Waals surface area contributed by atoms with Crippen LogP contribution in [0.3, 0.4) is 0 Å². The van der Waals surface area contributed by atoms with Crippen LogP contribution in [0.4, 0.5) is 0 Å². The number of carbonyl (C=O) groups excluding carboxylic acids is 1. The van der Waals surface area contributed by atoms with Gasteiger partial charge in [0.15, 0.2) is 0 Å². The molecular weight excluding hydrogens is 196 g/mol. The van der Waals surface area contributed by atoms with Crippen molar-refractivity contribution in [2.45, 2.75) is 19.3 Å². The van der Waals surface area contributed by atoms with Gasteiger partial charge in [-0.3, -0.25) is 4.79 Å². The summed E-state index contributed by atoms with van der Waals surface area (Å²) in [5.41, 5.74) is 5.53. The van der Waals surface area contributed by atoms with Crippen molar-refractivity contribution in [2.75, 3.05) is 31.6 Å². The second kappa shape index (κ2) is 6.30. The number of amides is 1. The number of thioether (sulfide) groups is 1. The minimum absolute atomic E-state index is 0.291. The number of carbonyl (C=O) groups is 1. The lowest BCUT2D eigenvalue weighted by Gasteiger charge is -2.32. The van der Waals surface area contributed by atoms with E-state index >= 15 is 0 Å². The van der Waals surface area contributed by atoms with E-state index in [2.05, 4.69) is 0 Å². The number of nitrogens with two attached hydrogens (primary N) is 1. The summed E-state index contributed by atoms with van der Waals surface area (Å²) in [4.78, 5) is 13.6. The first kappa shape index (κ1) is 11.9. The second-order valence-corrected chi connectivity index (χ2v) is 4.72. The molecule has 0 radical (unpaired) electrons. The van der Waals surface area contributed by atoms with Crippen LogP contribution in [-0.4, -0.2) is 42.4 Å². The van der Waals surface area contributed by atoms with E-state index in [1.807, 2.05) is 11.2 Å². The molecule has 0 saturated carbocycles. The summed E-state index contributed by atoms with van der Waals surface area (Å²) < 4.78 is 0. The van der Waals surface area contributed by atoms with Crippen LogP contribution in [-0.2, 0) is 4.79 Å². The van der Waals surface area contributed by atoms with Crippen molar-refractivity contribution in [1.29, 1.82) is 0 Å². The highest BCUT2D eigenvalue weighted by Gasteiger charge is 2.22. The van der Waals surface area contributed by atoms with Gasteiger partial charge in [-0.2, -0.15) is 11.8 Å². The number of rotatable bonds is 4. The van der Waals surface area contributed by atoms with Gasteiger partial charge in [-0.15, -0.1) is 0 Å². The topological polar surface area (TPSA) is 46.3 Å². The van der Waals surface area contributed by atoms with Gasteiger partial charge in [0.05, 0.1) is 5.75 Å². The third kappa shape index (κ3) is 3.50. The van der Waals surface area contributed by atoms with E-state index in [0.717, 1.165) is 32.5 Å². The van der Waals surface area contributed by atoms with E-state index in [0.29, 0.717) is 17.6 Å². The Morgan fingerprint density at radius 1 is 1.64 bits per heavy atom. The van der Waals surface area contributed by atoms with Gasteiger partial charge in [-0.05, 0) is 38.0 Å². The molecule has 0 aromatic heterocycles. The SMILES string of the molecule is CSCC(=O)N1CCCC(CCN)C1. The number of hydrogen-bond acceptors (Lipinski definition) is 3. The Balaban J connectivity index is 2.35. The van der Waals surface area contributed by atoms with Gasteiger partial charge < -0.3 is 10.6 Å². The lowest BCUT2D eigenvalue weighted by Crippen LogP contribution is -2.41. The second-order valence-electron chi connectivity index (χ2n) is 3.86. The predicted octanol–water partition coefficient (Wildman–Crippen LogP) is 0.937. The maximum Gasteiger partial charge on any atom is 0.232 e. The van der Waals surface area contributed by atoms with Crippen LogP contribution in [0.15, 0.2) is 0 Å². The first-order chi connectivity index (χ1) is 6.77. The van der Waals surface area contributed by atoms with Gasteiger partial charge in [0, 0.05) is 13.1 Å². The van der Waals surface area contributed by atoms with Crippen LogP contribution in [0.25, 0.3) is 0 Å². The standard InChI is InChI=1S/C10H20N2OS/c1-14-8-10(13)12-6-2-3-9(7-12)4-5-11/h9H,2-8,11H2,1H3. The van der Waals surface area contributed by atoms with E-state index in [9.17, 15) is 4.79 Å². The van der Waals surface area contributed by atoms with Crippen LogP contribution >= 0.6 is 11.8 Å². The third-order valence-corrected chi connectivity index (χ3v) is 3.25. The van der Waals surface area contributed by atoms with Crippen LogP contribution in [0.2, 0.25) is 0 Å². The maximum absolute atomic E-state index is 11.6. The highest BCUT2D eigenvalue weighted by molar-refractivity contribution is 7.99. The van der Waals surface area contributed by atoms with Crippen molar-refractivity contribution in [3.8, 4) is 0 Å². The van der Waals surface area contributed by atoms with Gasteiger partial charge in [0.25, 0.3) is 0 Å². The van der Waals surface area contributed by atoms with Crippen molar-refractivity contribution < 1.29 is 4.79 Å². The normalized spacial score (nSPS) is 22.4. The van der Waals surface area contributed by atoms with Gasteiger partial charge >= 0.3 is 0 Å². The summed E-state index contributed by atoms with van der Waals surface area (Å²) in [5.74, 6) is 1.55. The Hall–Kier alpha value is -0.220. The van der Waals surface area contributed by atoms with Crippen LogP contribution in [0, 0.1) is 5.92 Å². The first-order valence-electron chi connectivity index (χ1n) is 5.24. The molecule has 0 bridgehead atoms. The van der Waals surface area contributed by atoms with E-state index < -0.39 is 0 Å². The summed E-state index contributed by atoms with van der Waals surface area (Å²) in [5, 5.41) is 0. The molecule has 1 fully saturated rings. The van der Waals surface area contributed by atoms with Crippen molar-refractivity contribution in [2.24, 2.45) is 11.7 Å². The molecule has 0 aliphatic carbocycles. The average molecular weight is 216 g/mol. The summed E-state index contributed by atoms with van der Waals surface area (Å²) in [6, 6.07) is 0. The van der Waals surface area contributed by atoms with Crippen LogP contribution in [0.5, 0.6) is 0 Å². The fraction of sp³-hybridized carbons (Fsp3) is 0.900. The molecule has 1 aliphatic rings. The highest BCUT2D eigenvalue weighted by Crippen LogP contribution is 2.19. The Labute approximate surface area is 90.4 Å².